The van der Waals surface area contributed by atoms with E-state index in [1.807, 2.05) is 0 Å². The molecule has 3 amide bonds. The molecule has 8 N–H and O–H groups in total. The van der Waals surface area contributed by atoms with E-state index in [1.165, 1.54) is 12.1 Å². The fourth-order valence-electron chi connectivity index (χ4n) is 2.27. The van der Waals surface area contributed by atoms with Gasteiger partial charge in [0.15, 0.2) is 0 Å². The number of aliphatic carboxylic acids is 1. The van der Waals surface area contributed by atoms with E-state index in [9.17, 15) is 24.3 Å². The maximum atomic E-state index is 12.3. The predicted molar refractivity (Wildman–Crippen MR) is 104 cm³/mol. The minimum atomic E-state index is -1.28. The molecule has 11 heteroatoms. The van der Waals surface area contributed by atoms with Crippen molar-refractivity contribution in [3.63, 3.8) is 0 Å². The second kappa shape index (κ2) is 11.1. The summed E-state index contributed by atoms with van der Waals surface area (Å²) in [6.07, 6.45) is -0.160. The summed E-state index contributed by atoms with van der Waals surface area (Å²) in [5, 5.41) is 22.9. The molecule has 28 heavy (non-hydrogen) atoms. The van der Waals surface area contributed by atoms with Crippen LogP contribution in [0, 0.1) is 0 Å². The smallest absolute Gasteiger partial charge is 0.327 e. The summed E-state index contributed by atoms with van der Waals surface area (Å²) < 4.78 is 0. The average Bonchev–Trinajstić information content (AvgIpc) is 2.63. The van der Waals surface area contributed by atoms with Crippen molar-refractivity contribution in [1.29, 1.82) is 0 Å². The van der Waals surface area contributed by atoms with Gasteiger partial charge in [-0.15, -0.1) is 0 Å². The molecule has 0 heterocycles. The SMILES string of the molecule is NC(=O)CC[C@H](NC(=O)[C@@H](N)Cc1ccc(O)cc1)C(=O)N[C@@H](CS)C(=O)O. The second-order valence-electron chi connectivity index (χ2n) is 6.13. The lowest BCUT2D eigenvalue weighted by Crippen LogP contribution is -2.55. The Hall–Kier alpha value is -2.79. The Bertz CT molecular complexity index is 712. The van der Waals surface area contributed by atoms with Gasteiger partial charge in [0, 0.05) is 12.2 Å². The predicted octanol–water partition coefficient (Wildman–Crippen LogP) is -1.49. The molecule has 0 saturated heterocycles. The van der Waals surface area contributed by atoms with Crippen molar-refractivity contribution in [2.75, 3.05) is 5.75 Å². The highest BCUT2D eigenvalue weighted by molar-refractivity contribution is 7.80. The van der Waals surface area contributed by atoms with Crippen LogP contribution in [0.4, 0.5) is 0 Å². The van der Waals surface area contributed by atoms with Gasteiger partial charge in [0.2, 0.25) is 17.7 Å². The number of carboxylic acids is 1. The van der Waals surface area contributed by atoms with Crippen LogP contribution in [0.25, 0.3) is 0 Å². The number of phenols is 1. The minimum absolute atomic E-state index is 0.0714. The van der Waals surface area contributed by atoms with E-state index in [1.54, 1.807) is 12.1 Å². The molecular weight excluding hydrogens is 388 g/mol. The first-order chi connectivity index (χ1) is 13.1. The molecule has 0 radical (unpaired) electrons. The molecule has 0 bridgehead atoms. The molecule has 0 spiro atoms. The van der Waals surface area contributed by atoms with Crippen molar-refractivity contribution < 1.29 is 29.4 Å². The summed E-state index contributed by atoms with van der Waals surface area (Å²) in [5.41, 5.74) is 11.6. The Morgan fingerprint density at radius 3 is 2.11 bits per heavy atom. The summed E-state index contributed by atoms with van der Waals surface area (Å²) in [5.74, 6) is -3.49. The summed E-state index contributed by atoms with van der Waals surface area (Å²) in [6.45, 7) is 0. The number of amides is 3. The maximum absolute atomic E-state index is 12.3. The average molecular weight is 412 g/mol. The first-order valence-electron chi connectivity index (χ1n) is 8.40. The first-order valence-corrected chi connectivity index (χ1v) is 9.03. The number of phenolic OH excluding ortho intramolecular Hbond substituents is 1. The van der Waals surface area contributed by atoms with Crippen LogP contribution in [-0.4, -0.2) is 57.8 Å². The van der Waals surface area contributed by atoms with Crippen LogP contribution < -0.4 is 22.1 Å². The minimum Gasteiger partial charge on any atom is -0.508 e. The Kier molecular flexibility index (Phi) is 9.25. The fourth-order valence-corrected chi connectivity index (χ4v) is 2.52. The second-order valence-corrected chi connectivity index (χ2v) is 6.49. The summed E-state index contributed by atoms with van der Waals surface area (Å²) >= 11 is 3.85. The molecule has 0 aliphatic carbocycles. The third-order valence-corrected chi connectivity index (χ3v) is 4.20. The van der Waals surface area contributed by atoms with E-state index in [2.05, 4.69) is 23.3 Å². The Labute approximate surface area is 167 Å². The van der Waals surface area contributed by atoms with Crippen molar-refractivity contribution in [2.45, 2.75) is 37.4 Å². The topological polar surface area (TPSA) is 185 Å². The van der Waals surface area contributed by atoms with E-state index in [0.717, 1.165) is 0 Å². The zero-order valence-corrected chi connectivity index (χ0v) is 15.9. The number of thiol groups is 1. The number of carbonyl (C=O) groups is 4. The zero-order valence-electron chi connectivity index (χ0n) is 15.0. The summed E-state index contributed by atoms with van der Waals surface area (Å²) in [4.78, 5) is 46.8. The first kappa shape index (κ1) is 23.2. The number of rotatable bonds is 11. The third kappa shape index (κ3) is 7.84. The molecule has 0 aliphatic rings. The number of hydrogen-bond acceptors (Lipinski definition) is 7. The molecule has 3 atom stereocenters. The van der Waals surface area contributed by atoms with Gasteiger partial charge in [0.1, 0.15) is 17.8 Å². The molecule has 154 valence electrons. The molecule has 1 aromatic carbocycles. The molecule has 10 nitrogen and oxygen atoms in total. The van der Waals surface area contributed by atoms with Gasteiger partial charge in [-0.2, -0.15) is 12.6 Å². The van der Waals surface area contributed by atoms with Crippen molar-refractivity contribution in [3.05, 3.63) is 29.8 Å². The summed E-state index contributed by atoms with van der Waals surface area (Å²) in [6, 6.07) is 2.66. The number of primary amides is 1. The molecule has 1 aromatic rings. The lowest BCUT2D eigenvalue weighted by atomic mass is 10.0. The lowest BCUT2D eigenvalue weighted by Gasteiger charge is -2.22. The zero-order chi connectivity index (χ0) is 21.3. The quantitative estimate of drug-likeness (QED) is 0.216. The highest BCUT2D eigenvalue weighted by Crippen LogP contribution is 2.11. The van der Waals surface area contributed by atoms with Gasteiger partial charge in [-0.3, -0.25) is 14.4 Å². The largest absolute Gasteiger partial charge is 0.508 e. The molecule has 0 saturated carbocycles. The lowest BCUT2D eigenvalue weighted by molar-refractivity contribution is -0.141. The number of nitrogens with two attached hydrogens (primary N) is 2. The van der Waals surface area contributed by atoms with Crippen LogP contribution in [0.5, 0.6) is 5.75 Å². The van der Waals surface area contributed by atoms with Crippen molar-refractivity contribution in [1.82, 2.24) is 10.6 Å². The number of aromatic hydroxyl groups is 1. The monoisotopic (exact) mass is 412 g/mol. The number of nitrogens with one attached hydrogen (secondary N) is 2. The van der Waals surface area contributed by atoms with Gasteiger partial charge in [-0.05, 0) is 30.5 Å². The normalized spacial score (nSPS) is 13.8. The highest BCUT2D eigenvalue weighted by Gasteiger charge is 2.27. The Morgan fingerprint density at radius 2 is 1.61 bits per heavy atom. The number of benzene rings is 1. The Morgan fingerprint density at radius 1 is 1.04 bits per heavy atom. The van der Waals surface area contributed by atoms with Crippen molar-refractivity contribution in [3.8, 4) is 5.75 Å². The van der Waals surface area contributed by atoms with Gasteiger partial charge < -0.3 is 32.3 Å². The molecule has 0 aliphatic heterocycles. The highest BCUT2D eigenvalue weighted by atomic mass is 32.1. The van der Waals surface area contributed by atoms with E-state index in [-0.39, 0.29) is 30.8 Å². The van der Waals surface area contributed by atoms with Gasteiger partial charge in [-0.1, -0.05) is 12.1 Å². The number of carboxylic acid groups (broad SMARTS) is 1. The molecule has 1 rings (SSSR count). The number of carbonyl (C=O) groups excluding carboxylic acids is 3. The van der Waals surface area contributed by atoms with Gasteiger partial charge in [0.25, 0.3) is 0 Å². The maximum Gasteiger partial charge on any atom is 0.327 e. The standard InChI is InChI=1S/C17H24N4O6S/c18-11(7-9-1-3-10(22)4-2-9)15(24)20-12(5-6-14(19)23)16(25)21-13(8-28)17(26)27/h1-4,11-13,22,28H,5-8,18H2,(H2,19,23)(H,20,24)(H,21,25)(H,26,27)/t11-,12-,13-/m0/s1. The van der Waals surface area contributed by atoms with Gasteiger partial charge in [-0.25, -0.2) is 4.79 Å². The van der Waals surface area contributed by atoms with Crippen molar-refractivity contribution in [2.24, 2.45) is 11.5 Å². The molecule has 0 fully saturated rings. The van der Waals surface area contributed by atoms with E-state index in [0.29, 0.717) is 5.56 Å². The van der Waals surface area contributed by atoms with E-state index >= 15 is 0 Å². The van der Waals surface area contributed by atoms with Crippen molar-refractivity contribution >= 4 is 36.3 Å². The van der Waals surface area contributed by atoms with Crippen LogP contribution in [0.3, 0.4) is 0 Å². The molecular formula is C17H24N4O6S. The molecule has 0 unspecified atom stereocenters. The number of hydrogen-bond donors (Lipinski definition) is 7. The summed E-state index contributed by atoms with van der Waals surface area (Å²) in [7, 11) is 0. The van der Waals surface area contributed by atoms with Crippen LogP contribution >= 0.6 is 12.6 Å². The van der Waals surface area contributed by atoms with E-state index in [4.69, 9.17) is 16.6 Å². The van der Waals surface area contributed by atoms with Crippen LogP contribution in [0.15, 0.2) is 24.3 Å². The van der Waals surface area contributed by atoms with E-state index < -0.39 is 41.8 Å². The Balaban J connectivity index is 2.78. The molecule has 0 aromatic heterocycles. The van der Waals surface area contributed by atoms with Gasteiger partial charge >= 0.3 is 5.97 Å². The van der Waals surface area contributed by atoms with Crippen LogP contribution in [0.1, 0.15) is 18.4 Å². The van der Waals surface area contributed by atoms with Gasteiger partial charge in [0.05, 0.1) is 6.04 Å². The van der Waals surface area contributed by atoms with Crippen LogP contribution in [-0.2, 0) is 25.6 Å². The van der Waals surface area contributed by atoms with Crippen LogP contribution in [0.2, 0.25) is 0 Å². The fraction of sp³-hybridized carbons (Fsp3) is 0.412. The third-order valence-electron chi connectivity index (χ3n) is 3.84.